The zero-order valence-electron chi connectivity index (χ0n) is 13.0. The van der Waals surface area contributed by atoms with E-state index in [1.165, 1.54) is 83.7 Å². The Morgan fingerprint density at radius 3 is 2.26 bits per heavy atom. The van der Waals surface area contributed by atoms with Crippen molar-refractivity contribution in [3.8, 4) is 0 Å². The predicted octanol–water partition coefficient (Wildman–Crippen LogP) is 3.94. The van der Waals surface area contributed by atoms with Crippen molar-refractivity contribution in [3.63, 3.8) is 0 Å². The summed E-state index contributed by atoms with van der Waals surface area (Å²) in [6, 6.07) is 0. The van der Waals surface area contributed by atoms with Crippen LogP contribution in [0.3, 0.4) is 0 Å². The third-order valence-electron chi connectivity index (χ3n) is 5.76. The van der Waals surface area contributed by atoms with E-state index < -0.39 is 0 Å². The summed E-state index contributed by atoms with van der Waals surface area (Å²) in [6.45, 7) is 5.83. The van der Waals surface area contributed by atoms with Gasteiger partial charge in [0.2, 0.25) is 0 Å². The van der Waals surface area contributed by atoms with Crippen molar-refractivity contribution in [2.75, 3.05) is 19.6 Å². The van der Waals surface area contributed by atoms with Crippen LogP contribution >= 0.6 is 0 Å². The highest BCUT2D eigenvalue weighted by Gasteiger charge is 2.36. The Balaban J connectivity index is 2.02. The topological polar surface area (TPSA) is 29.3 Å². The van der Waals surface area contributed by atoms with E-state index in [4.69, 9.17) is 5.73 Å². The highest BCUT2D eigenvalue weighted by molar-refractivity contribution is 4.94. The molecule has 0 radical (unpaired) electrons. The number of hydrogen-bond donors (Lipinski definition) is 1. The zero-order valence-corrected chi connectivity index (χ0v) is 13.0. The summed E-state index contributed by atoms with van der Waals surface area (Å²) in [5.41, 5.74) is 6.62. The minimum atomic E-state index is 0.348. The first kappa shape index (κ1) is 15.3. The molecule has 0 aromatic carbocycles. The lowest BCUT2D eigenvalue weighted by Crippen LogP contribution is -2.54. The standard InChI is InChI=1S/C17H34N2/c1-2-16-9-8-11-17(15-18,12-10-16)19-13-6-4-3-5-7-14-19/h16H,2-15,18H2,1H3. The van der Waals surface area contributed by atoms with Gasteiger partial charge in [-0.2, -0.15) is 0 Å². The molecule has 2 rings (SSSR count). The van der Waals surface area contributed by atoms with E-state index in [1.54, 1.807) is 0 Å². The minimum absolute atomic E-state index is 0.348. The largest absolute Gasteiger partial charge is 0.329 e. The third-order valence-corrected chi connectivity index (χ3v) is 5.76. The Bertz CT molecular complexity index is 246. The molecule has 1 aliphatic heterocycles. The fourth-order valence-corrected chi connectivity index (χ4v) is 4.24. The molecule has 1 saturated carbocycles. The van der Waals surface area contributed by atoms with Gasteiger partial charge in [-0.1, -0.05) is 45.4 Å². The quantitative estimate of drug-likeness (QED) is 0.784. The van der Waals surface area contributed by atoms with Crippen LogP contribution in [-0.4, -0.2) is 30.1 Å². The lowest BCUT2D eigenvalue weighted by molar-refractivity contribution is 0.0681. The predicted molar refractivity (Wildman–Crippen MR) is 83.3 cm³/mol. The molecular formula is C17H34N2. The van der Waals surface area contributed by atoms with Crippen LogP contribution in [0.1, 0.15) is 77.6 Å². The van der Waals surface area contributed by atoms with Crippen LogP contribution in [0, 0.1) is 5.92 Å². The van der Waals surface area contributed by atoms with Crippen LogP contribution in [-0.2, 0) is 0 Å². The van der Waals surface area contributed by atoms with E-state index in [0.717, 1.165) is 12.5 Å². The van der Waals surface area contributed by atoms with Crippen molar-refractivity contribution >= 4 is 0 Å². The molecule has 112 valence electrons. The van der Waals surface area contributed by atoms with Crippen molar-refractivity contribution < 1.29 is 0 Å². The van der Waals surface area contributed by atoms with E-state index in [2.05, 4.69) is 11.8 Å². The fourth-order valence-electron chi connectivity index (χ4n) is 4.24. The van der Waals surface area contributed by atoms with Crippen LogP contribution in [0.4, 0.5) is 0 Å². The van der Waals surface area contributed by atoms with Crippen LogP contribution < -0.4 is 5.73 Å². The van der Waals surface area contributed by atoms with Crippen LogP contribution in [0.2, 0.25) is 0 Å². The molecule has 0 spiro atoms. The van der Waals surface area contributed by atoms with E-state index >= 15 is 0 Å². The third kappa shape index (κ3) is 3.95. The summed E-state index contributed by atoms with van der Waals surface area (Å²) < 4.78 is 0. The molecule has 1 aliphatic carbocycles. The second-order valence-corrected chi connectivity index (χ2v) is 6.89. The number of rotatable bonds is 3. The average Bonchev–Trinajstić information content (AvgIpc) is 2.61. The molecular weight excluding hydrogens is 232 g/mol. The second-order valence-electron chi connectivity index (χ2n) is 6.89. The fraction of sp³-hybridized carbons (Fsp3) is 1.00. The summed E-state index contributed by atoms with van der Waals surface area (Å²) in [5, 5.41) is 0. The Morgan fingerprint density at radius 1 is 0.947 bits per heavy atom. The Labute approximate surface area is 120 Å². The van der Waals surface area contributed by atoms with Gasteiger partial charge in [0.25, 0.3) is 0 Å². The van der Waals surface area contributed by atoms with Gasteiger partial charge in [-0.3, -0.25) is 4.90 Å². The number of nitrogens with two attached hydrogens (primary N) is 1. The summed E-state index contributed by atoms with van der Waals surface area (Å²) in [5.74, 6) is 0.961. The zero-order chi connectivity index (χ0) is 13.6. The summed E-state index contributed by atoms with van der Waals surface area (Å²) in [4.78, 5) is 2.80. The van der Waals surface area contributed by atoms with Gasteiger partial charge in [-0.05, 0) is 51.1 Å². The van der Waals surface area contributed by atoms with Gasteiger partial charge >= 0.3 is 0 Å². The van der Waals surface area contributed by atoms with Crippen molar-refractivity contribution in [3.05, 3.63) is 0 Å². The first-order valence-corrected chi connectivity index (χ1v) is 8.76. The van der Waals surface area contributed by atoms with E-state index in [0.29, 0.717) is 5.54 Å². The molecule has 1 saturated heterocycles. The van der Waals surface area contributed by atoms with Crippen molar-refractivity contribution in [2.24, 2.45) is 11.7 Å². The molecule has 2 fully saturated rings. The Kier molecular flexibility index (Phi) is 6.15. The monoisotopic (exact) mass is 266 g/mol. The summed E-state index contributed by atoms with van der Waals surface area (Å²) in [7, 11) is 0. The van der Waals surface area contributed by atoms with Crippen molar-refractivity contribution in [2.45, 2.75) is 83.1 Å². The summed E-state index contributed by atoms with van der Waals surface area (Å²) >= 11 is 0. The van der Waals surface area contributed by atoms with Crippen molar-refractivity contribution in [1.29, 1.82) is 0 Å². The molecule has 2 unspecified atom stereocenters. The Hall–Kier alpha value is -0.0800. The SMILES string of the molecule is CCC1CCCC(CN)(N2CCCCCCC2)CC1. The normalized spacial score (nSPS) is 35.4. The van der Waals surface area contributed by atoms with E-state index in [1.807, 2.05) is 0 Å². The van der Waals surface area contributed by atoms with Gasteiger partial charge in [0.1, 0.15) is 0 Å². The van der Waals surface area contributed by atoms with Gasteiger partial charge in [0.15, 0.2) is 0 Å². The molecule has 2 nitrogen and oxygen atoms in total. The van der Waals surface area contributed by atoms with Gasteiger partial charge in [-0.25, -0.2) is 0 Å². The van der Waals surface area contributed by atoms with Crippen LogP contribution in [0.5, 0.6) is 0 Å². The van der Waals surface area contributed by atoms with Crippen molar-refractivity contribution in [1.82, 2.24) is 4.90 Å². The first-order chi connectivity index (χ1) is 9.30. The molecule has 2 N–H and O–H groups in total. The summed E-state index contributed by atoms with van der Waals surface area (Å²) in [6.07, 6.45) is 15.4. The molecule has 2 heteroatoms. The van der Waals surface area contributed by atoms with Gasteiger partial charge in [-0.15, -0.1) is 0 Å². The molecule has 2 aliphatic rings. The first-order valence-electron chi connectivity index (χ1n) is 8.76. The molecule has 0 amide bonds. The number of nitrogens with zero attached hydrogens (tertiary/aromatic N) is 1. The maximum absolute atomic E-state index is 6.27. The smallest absolute Gasteiger partial charge is 0.0331 e. The second kappa shape index (κ2) is 7.64. The molecule has 19 heavy (non-hydrogen) atoms. The molecule has 1 heterocycles. The van der Waals surface area contributed by atoms with E-state index in [-0.39, 0.29) is 0 Å². The van der Waals surface area contributed by atoms with Gasteiger partial charge in [0.05, 0.1) is 0 Å². The van der Waals surface area contributed by atoms with E-state index in [9.17, 15) is 0 Å². The maximum atomic E-state index is 6.27. The average molecular weight is 266 g/mol. The molecule has 2 atom stereocenters. The molecule has 0 aromatic heterocycles. The maximum Gasteiger partial charge on any atom is 0.0331 e. The number of likely N-dealkylation sites (tertiary alicyclic amines) is 1. The minimum Gasteiger partial charge on any atom is -0.329 e. The van der Waals surface area contributed by atoms with Gasteiger partial charge < -0.3 is 5.73 Å². The van der Waals surface area contributed by atoms with Crippen LogP contribution in [0.15, 0.2) is 0 Å². The van der Waals surface area contributed by atoms with Crippen LogP contribution in [0.25, 0.3) is 0 Å². The lowest BCUT2D eigenvalue weighted by atomic mass is 9.86. The highest BCUT2D eigenvalue weighted by atomic mass is 15.2. The lowest BCUT2D eigenvalue weighted by Gasteiger charge is -2.44. The van der Waals surface area contributed by atoms with Gasteiger partial charge in [0, 0.05) is 12.1 Å². The molecule has 0 aromatic rings. The Morgan fingerprint density at radius 2 is 1.63 bits per heavy atom. The number of hydrogen-bond acceptors (Lipinski definition) is 2. The molecule has 0 bridgehead atoms. The highest BCUT2D eigenvalue weighted by Crippen LogP contribution is 2.36.